The first kappa shape index (κ1) is 15.4. The fourth-order valence-corrected chi connectivity index (χ4v) is 2.21. The van der Waals surface area contributed by atoms with Crippen LogP contribution in [0, 0.1) is 5.82 Å². The van der Waals surface area contributed by atoms with E-state index in [0.717, 1.165) is 6.20 Å². The Morgan fingerprint density at radius 2 is 2.09 bits per heavy atom. The van der Waals surface area contributed by atoms with E-state index in [0.29, 0.717) is 22.2 Å². The molecule has 3 rings (SSSR count). The Bertz CT molecular complexity index is 836. The smallest absolute Gasteiger partial charge is 0.261 e. The normalized spacial score (nSPS) is 11.0. The number of benzene rings is 1. The molecule has 0 aliphatic heterocycles. The van der Waals surface area contributed by atoms with Crippen LogP contribution in [0.1, 0.15) is 13.8 Å². The Morgan fingerprint density at radius 3 is 2.78 bits per heavy atom. The highest BCUT2D eigenvalue weighted by Crippen LogP contribution is 2.31. The first-order chi connectivity index (χ1) is 11.0. The second-order valence-electron chi connectivity index (χ2n) is 5.09. The summed E-state index contributed by atoms with van der Waals surface area (Å²) in [5.41, 5.74) is 0.847. The lowest BCUT2D eigenvalue weighted by atomic mass is 10.2. The summed E-state index contributed by atoms with van der Waals surface area (Å²) in [6.45, 7) is 3.83. The highest BCUT2D eigenvalue weighted by atomic mass is 35.5. The van der Waals surface area contributed by atoms with Crippen molar-refractivity contribution in [1.82, 2.24) is 15.1 Å². The number of nitrogens with zero attached hydrogens (tertiary/aromatic N) is 3. The van der Waals surface area contributed by atoms with Gasteiger partial charge in [-0.05, 0) is 38.1 Å². The molecule has 0 aliphatic rings. The highest BCUT2D eigenvalue weighted by molar-refractivity contribution is 6.32. The number of aromatic nitrogens is 3. The SMILES string of the molecule is CC(C)Oc1ccc(-c2noc(-c3ccncc3F)n2)cc1Cl. The Kier molecular flexibility index (Phi) is 4.25. The van der Waals surface area contributed by atoms with E-state index >= 15 is 0 Å². The summed E-state index contributed by atoms with van der Waals surface area (Å²) in [6, 6.07) is 6.65. The van der Waals surface area contributed by atoms with E-state index in [4.69, 9.17) is 20.9 Å². The minimum Gasteiger partial charge on any atom is -0.489 e. The lowest BCUT2D eigenvalue weighted by molar-refractivity contribution is 0.242. The van der Waals surface area contributed by atoms with E-state index in [9.17, 15) is 4.39 Å². The minimum absolute atomic E-state index is 0.0183. The van der Waals surface area contributed by atoms with Crippen LogP contribution in [-0.4, -0.2) is 21.2 Å². The molecule has 0 unspecified atom stereocenters. The molecular weight excluding hydrogens is 321 g/mol. The van der Waals surface area contributed by atoms with E-state index in [1.54, 1.807) is 18.2 Å². The number of halogens is 2. The largest absolute Gasteiger partial charge is 0.489 e. The van der Waals surface area contributed by atoms with Crippen molar-refractivity contribution < 1.29 is 13.7 Å². The Balaban J connectivity index is 1.92. The topological polar surface area (TPSA) is 61.0 Å². The molecule has 5 nitrogen and oxygen atoms in total. The summed E-state index contributed by atoms with van der Waals surface area (Å²) < 4.78 is 24.4. The van der Waals surface area contributed by atoms with Crippen molar-refractivity contribution in [3.8, 4) is 28.6 Å². The standard InChI is InChI=1S/C16H13ClFN3O2/c1-9(2)22-14-4-3-10(7-12(14)17)15-20-16(23-21-15)11-5-6-19-8-13(11)18/h3-9H,1-2H3. The van der Waals surface area contributed by atoms with Gasteiger partial charge in [-0.1, -0.05) is 16.8 Å². The van der Waals surface area contributed by atoms with Crippen LogP contribution >= 0.6 is 11.6 Å². The molecule has 7 heteroatoms. The second-order valence-corrected chi connectivity index (χ2v) is 5.50. The maximum atomic E-state index is 13.7. The molecule has 1 aromatic carbocycles. The molecule has 0 saturated carbocycles. The third-order valence-corrected chi connectivity index (χ3v) is 3.28. The summed E-state index contributed by atoms with van der Waals surface area (Å²) in [5, 5.41) is 4.31. The highest BCUT2D eigenvalue weighted by Gasteiger charge is 2.15. The average Bonchev–Trinajstić information content (AvgIpc) is 2.99. The van der Waals surface area contributed by atoms with Crippen molar-refractivity contribution >= 4 is 11.6 Å². The van der Waals surface area contributed by atoms with Gasteiger partial charge in [-0.25, -0.2) is 4.39 Å². The van der Waals surface area contributed by atoms with Gasteiger partial charge < -0.3 is 9.26 Å². The Hall–Kier alpha value is -2.47. The Labute approximate surface area is 137 Å². The summed E-state index contributed by atoms with van der Waals surface area (Å²) in [5.74, 6) is 0.448. The molecule has 0 aliphatic carbocycles. The summed E-state index contributed by atoms with van der Waals surface area (Å²) in [4.78, 5) is 7.88. The molecule has 0 bridgehead atoms. The van der Waals surface area contributed by atoms with Crippen LogP contribution in [0.15, 0.2) is 41.2 Å². The quantitative estimate of drug-likeness (QED) is 0.709. The van der Waals surface area contributed by atoms with Gasteiger partial charge in [-0.3, -0.25) is 4.98 Å². The first-order valence-electron chi connectivity index (χ1n) is 6.95. The zero-order chi connectivity index (χ0) is 16.4. The maximum Gasteiger partial charge on any atom is 0.261 e. The van der Waals surface area contributed by atoms with E-state index in [2.05, 4.69) is 15.1 Å². The van der Waals surface area contributed by atoms with Crippen molar-refractivity contribution in [1.29, 1.82) is 0 Å². The van der Waals surface area contributed by atoms with Crippen molar-refractivity contribution in [2.45, 2.75) is 20.0 Å². The number of hydrogen-bond acceptors (Lipinski definition) is 5. The molecule has 0 fully saturated rings. The zero-order valence-corrected chi connectivity index (χ0v) is 13.2. The van der Waals surface area contributed by atoms with Gasteiger partial charge in [0.15, 0.2) is 5.82 Å². The first-order valence-corrected chi connectivity index (χ1v) is 7.32. The lowest BCUT2D eigenvalue weighted by Crippen LogP contribution is -2.05. The van der Waals surface area contributed by atoms with Crippen molar-refractivity contribution in [2.24, 2.45) is 0 Å². The van der Waals surface area contributed by atoms with Gasteiger partial charge >= 0.3 is 0 Å². The molecule has 0 saturated heterocycles. The van der Waals surface area contributed by atoms with Crippen molar-refractivity contribution in [3.05, 3.63) is 47.5 Å². The van der Waals surface area contributed by atoms with Gasteiger partial charge in [0, 0.05) is 11.8 Å². The fourth-order valence-electron chi connectivity index (χ4n) is 1.99. The molecule has 118 valence electrons. The lowest BCUT2D eigenvalue weighted by Gasteiger charge is -2.11. The van der Waals surface area contributed by atoms with E-state index in [1.807, 2.05) is 13.8 Å². The zero-order valence-electron chi connectivity index (χ0n) is 12.5. The van der Waals surface area contributed by atoms with Gasteiger partial charge in [0.25, 0.3) is 5.89 Å². The van der Waals surface area contributed by atoms with E-state index < -0.39 is 5.82 Å². The molecule has 23 heavy (non-hydrogen) atoms. The third-order valence-electron chi connectivity index (χ3n) is 2.98. The van der Waals surface area contributed by atoms with Gasteiger partial charge in [0.1, 0.15) is 5.75 Å². The van der Waals surface area contributed by atoms with Crippen LogP contribution in [-0.2, 0) is 0 Å². The molecule has 0 N–H and O–H groups in total. The van der Waals surface area contributed by atoms with Crippen LogP contribution in [0.4, 0.5) is 4.39 Å². The summed E-state index contributed by atoms with van der Waals surface area (Å²) in [6.07, 6.45) is 2.57. The average molecular weight is 334 g/mol. The minimum atomic E-state index is -0.526. The number of pyridine rings is 1. The van der Waals surface area contributed by atoms with E-state index in [-0.39, 0.29) is 17.6 Å². The second kappa shape index (κ2) is 6.34. The summed E-state index contributed by atoms with van der Waals surface area (Å²) >= 11 is 6.19. The molecule has 2 aromatic heterocycles. The number of rotatable bonds is 4. The van der Waals surface area contributed by atoms with Crippen LogP contribution < -0.4 is 4.74 Å². The number of ether oxygens (including phenoxy) is 1. The van der Waals surface area contributed by atoms with Gasteiger partial charge in [-0.15, -0.1) is 0 Å². The van der Waals surface area contributed by atoms with Gasteiger partial charge in [0.05, 0.1) is 22.9 Å². The van der Waals surface area contributed by atoms with Crippen molar-refractivity contribution in [3.63, 3.8) is 0 Å². The molecule has 3 aromatic rings. The Morgan fingerprint density at radius 1 is 1.26 bits per heavy atom. The summed E-state index contributed by atoms with van der Waals surface area (Å²) in [7, 11) is 0. The molecule has 2 heterocycles. The predicted molar refractivity (Wildman–Crippen MR) is 83.7 cm³/mol. The maximum absolute atomic E-state index is 13.7. The van der Waals surface area contributed by atoms with Crippen LogP contribution in [0.3, 0.4) is 0 Å². The van der Waals surface area contributed by atoms with Crippen LogP contribution in [0.25, 0.3) is 22.8 Å². The van der Waals surface area contributed by atoms with Gasteiger partial charge in [0.2, 0.25) is 5.82 Å². The van der Waals surface area contributed by atoms with Gasteiger partial charge in [-0.2, -0.15) is 4.98 Å². The fraction of sp³-hybridized carbons (Fsp3) is 0.188. The van der Waals surface area contributed by atoms with Crippen molar-refractivity contribution in [2.75, 3.05) is 0 Å². The van der Waals surface area contributed by atoms with E-state index in [1.165, 1.54) is 12.3 Å². The molecule has 0 spiro atoms. The third kappa shape index (κ3) is 3.32. The predicted octanol–water partition coefficient (Wildman–Crippen LogP) is 4.38. The molecule has 0 atom stereocenters. The number of hydrogen-bond donors (Lipinski definition) is 0. The molecule has 0 amide bonds. The molecule has 0 radical (unpaired) electrons. The molecular formula is C16H13ClFN3O2. The van der Waals surface area contributed by atoms with Crippen LogP contribution in [0.2, 0.25) is 5.02 Å². The monoisotopic (exact) mass is 333 g/mol. The van der Waals surface area contributed by atoms with Crippen LogP contribution in [0.5, 0.6) is 5.75 Å².